The fourth-order valence-electron chi connectivity index (χ4n) is 4.12. The van der Waals surface area contributed by atoms with E-state index in [1.807, 2.05) is 56.9 Å². The third kappa shape index (κ3) is 3.76. The van der Waals surface area contributed by atoms with Crippen molar-refractivity contribution in [3.63, 3.8) is 0 Å². The van der Waals surface area contributed by atoms with Crippen LogP contribution in [0.1, 0.15) is 58.9 Å². The Balaban J connectivity index is 1.79. The van der Waals surface area contributed by atoms with Gasteiger partial charge in [0.15, 0.2) is 0 Å². The first kappa shape index (κ1) is 18.1. The first-order chi connectivity index (χ1) is 11.7. The van der Waals surface area contributed by atoms with Gasteiger partial charge in [-0.05, 0) is 58.2 Å². The van der Waals surface area contributed by atoms with Crippen LogP contribution in [-0.4, -0.2) is 40.4 Å². The standard InChI is InChI=1S/C20H29NO4/c1-5-24-17-8-6-7-14(11-17)20(23)12-15-9-10-16(13-20)21(15)18(22)25-19(2,3)4/h6-8,11,15-16,23H,5,9-10,12-13H2,1-4H3. The van der Waals surface area contributed by atoms with E-state index in [9.17, 15) is 9.90 Å². The zero-order chi connectivity index (χ0) is 18.2. The SMILES string of the molecule is CCOc1cccc(C2(O)CC3CCC(C2)N3C(=O)OC(C)(C)C)c1. The summed E-state index contributed by atoms with van der Waals surface area (Å²) in [6, 6.07) is 7.74. The van der Waals surface area contributed by atoms with Crippen molar-refractivity contribution in [1.82, 2.24) is 4.90 Å². The third-order valence-corrected chi connectivity index (χ3v) is 5.05. The fourth-order valence-corrected chi connectivity index (χ4v) is 4.12. The Kier molecular flexibility index (Phi) is 4.71. The molecule has 0 aliphatic carbocycles. The summed E-state index contributed by atoms with van der Waals surface area (Å²) in [5.74, 6) is 0.773. The van der Waals surface area contributed by atoms with Gasteiger partial charge in [0.1, 0.15) is 11.4 Å². The van der Waals surface area contributed by atoms with Crippen LogP contribution in [0.5, 0.6) is 5.75 Å². The summed E-state index contributed by atoms with van der Waals surface area (Å²) in [5, 5.41) is 11.3. The molecule has 1 amide bonds. The molecule has 2 atom stereocenters. The molecule has 2 saturated heterocycles. The van der Waals surface area contributed by atoms with Crippen molar-refractivity contribution < 1.29 is 19.4 Å². The van der Waals surface area contributed by atoms with Gasteiger partial charge in [0.25, 0.3) is 0 Å². The van der Waals surface area contributed by atoms with Crippen molar-refractivity contribution in [2.24, 2.45) is 0 Å². The first-order valence-electron chi connectivity index (χ1n) is 9.19. The van der Waals surface area contributed by atoms with Crippen LogP contribution in [0.4, 0.5) is 4.79 Å². The number of rotatable bonds is 3. The highest BCUT2D eigenvalue weighted by Crippen LogP contribution is 2.46. The lowest BCUT2D eigenvalue weighted by Gasteiger charge is -2.44. The van der Waals surface area contributed by atoms with Gasteiger partial charge in [-0.1, -0.05) is 12.1 Å². The number of carbonyl (C=O) groups excluding carboxylic acids is 1. The summed E-state index contributed by atoms with van der Waals surface area (Å²) in [7, 11) is 0. The molecule has 5 nitrogen and oxygen atoms in total. The second-order valence-electron chi connectivity index (χ2n) is 8.17. The van der Waals surface area contributed by atoms with Gasteiger partial charge in [0.05, 0.1) is 12.2 Å². The van der Waals surface area contributed by atoms with Gasteiger partial charge in [0.2, 0.25) is 0 Å². The van der Waals surface area contributed by atoms with Crippen LogP contribution in [0, 0.1) is 0 Å². The summed E-state index contributed by atoms with van der Waals surface area (Å²) in [6.07, 6.45) is 2.65. The van der Waals surface area contributed by atoms with Crippen molar-refractivity contribution in [1.29, 1.82) is 0 Å². The molecule has 2 bridgehead atoms. The van der Waals surface area contributed by atoms with Gasteiger partial charge in [-0.15, -0.1) is 0 Å². The molecule has 2 fully saturated rings. The molecular weight excluding hydrogens is 318 g/mol. The summed E-state index contributed by atoms with van der Waals surface area (Å²) >= 11 is 0. The maximum Gasteiger partial charge on any atom is 0.410 e. The highest BCUT2D eigenvalue weighted by molar-refractivity contribution is 5.69. The van der Waals surface area contributed by atoms with Gasteiger partial charge in [0, 0.05) is 24.9 Å². The van der Waals surface area contributed by atoms with E-state index in [4.69, 9.17) is 9.47 Å². The summed E-state index contributed by atoms with van der Waals surface area (Å²) in [4.78, 5) is 14.4. The van der Waals surface area contributed by atoms with Crippen LogP contribution in [0.25, 0.3) is 0 Å². The Hall–Kier alpha value is -1.75. The molecule has 0 aromatic heterocycles. The minimum Gasteiger partial charge on any atom is -0.494 e. The number of piperidine rings is 1. The molecule has 5 heteroatoms. The van der Waals surface area contributed by atoms with Crippen molar-refractivity contribution in [3.05, 3.63) is 29.8 Å². The third-order valence-electron chi connectivity index (χ3n) is 5.05. The molecule has 0 spiro atoms. The van der Waals surface area contributed by atoms with Crippen LogP contribution >= 0.6 is 0 Å². The fraction of sp³-hybridized carbons (Fsp3) is 0.650. The Morgan fingerprint density at radius 1 is 1.28 bits per heavy atom. The summed E-state index contributed by atoms with van der Waals surface area (Å²) < 4.78 is 11.1. The molecule has 2 unspecified atom stereocenters. The monoisotopic (exact) mass is 347 g/mol. The van der Waals surface area contributed by atoms with Crippen molar-refractivity contribution in [2.75, 3.05) is 6.61 Å². The average molecular weight is 347 g/mol. The lowest BCUT2D eigenvalue weighted by molar-refractivity contribution is -0.0625. The molecule has 2 heterocycles. The van der Waals surface area contributed by atoms with E-state index in [1.165, 1.54) is 0 Å². The highest BCUT2D eigenvalue weighted by Gasteiger charge is 2.51. The molecule has 1 N–H and O–H groups in total. The second-order valence-corrected chi connectivity index (χ2v) is 8.17. The number of aliphatic hydroxyl groups is 1. The summed E-state index contributed by atoms with van der Waals surface area (Å²) in [6.45, 7) is 8.19. The van der Waals surface area contributed by atoms with Crippen molar-refractivity contribution in [3.8, 4) is 5.75 Å². The zero-order valence-electron chi connectivity index (χ0n) is 15.6. The number of amides is 1. The predicted octanol–water partition coefficient (Wildman–Crippen LogP) is 3.83. The van der Waals surface area contributed by atoms with Gasteiger partial charge in [-0.2, -0.15) is 0 Å². The van der Waals surface area contributed by atoms with Crippen LogP contribution in [0.3, 0.4) is 0 Å². The van der Waals surface area contributed by atoms with Crippen LogP contribution in [0.2, 0.25) is 0 Å². The summed E-state index contributed by atoms with van der Waals surface area (Å²) in [5.41, 5.74) is -0.549. The molecule has 0 radical (unpaired) electrons. The van der Waals surface area contributed by atoms with Gasteiger partial charge in [-0.25, -0.2) is 4.79 Å². The van der Waals surface area contributed by atoms with E-state index in [0.717, 1.165) is 24.2 Å². The number of benzene rings is 1. The Bertz CT molecular complexity index is 623. The molecule has 2 aliphatic rings. The van der Waals surface area contributed by atoms with Crippen LogP contribution in [0.15, 0.2) is 24.3 Å². The van der Waals surface area contributed by atoms with E-state index in [0.29, 0.717) is 19.4 Å². The molecule has 3 rings (SSSR count). The maximum absolute atomic E-state index is 12.6. The number of fused-ring (bicyclic) bond motifs is 2. The van der Waals surface area contributed by atoms with Gasteiger partial charge >= 0.3 is 6.09 Å². The molecule has 138 valence electrons. The lowest BCUT2D eigenvalue weighted by atomic mass is 9.80. The van der Waals surface area contributed by atoms with Crippen molar-refractivity contribution in [2.45, 2.75) is 76.7 Å². The second kappa shape index (κ2) is 6.52. The van der Waals surface area contributed by atoms with Gasteiger partial charge < -0.3 is 19.5 Å². The van der Waals surface area contributed by atoms with E-state index >= 15 is 0 Å². The minimum absolute atomic E-state index is 0.0225. The average Bonchev–Trinajstić information content (AvgIpc) is 2.79. The quantitative estimate of drug-likeness (QED) is 0.903. The van der Waals surface area contributed by atoms with Crippen LogP contribution in [-0.2, 0) is 10.3 Å². The minimum atomic E-state index is -0.919. The zero-order valence-corrected chi connectivity index (χ0v) is 15.6. The molecule has 2 aliphatic heterocycles. The van der Waals surface area contributed by atoms with E-state index in [2.05, 4.69) is 0 Å². The number of hydrogen-bond donors (Lipinski definition) is 1. The number of hydrogen-bond acceptors (Lipinski definition) is 4. The maximum atomic E-state index is 12.6. The first-order valence-corrected chi connectivity index (χ1v) is 9.19. The smallest absolute Gasteiger partial charge is 0.410 e. The Labute approximate surface area is 149 Å². The Morgan fingerprint density at radius 3 is 2.48 bits per heavy atom. The van der Waals surface area contributed by atoms with Crippen LogP contribution < -0.4 is 4.74 Å². The van der Waals surface area contributed by atoms with E-state index in [1.54, 1.807) is 0 Å². The predicted molar refractivity (Wildman–Crippen MR) is 95.6 cm³/mol. The van der Waals surface area contributed by atoms with Gasteiger partial charge in [-0.3, -0.25) is 0 Å². The molecule has 25 heavy (non-hydrogen) atoms. The number of carbonyl (C=O) groups is 1. The molecule has 0 saturated carbocycles. The van der Waals surface area contributed by atoms with E-state index < -0.39 is 11.2 Å². The molecule has 1 aromatic carbocycles. The highest BCUT2D eigenvalue weighted by atomic mass is 16.6. The molecular formula is C20H29NO4. The molecule has 1 aromatic rings. The lowest BCUT2D eigenvalue weighted by Crippen LogP contribution is -2.53. The normalized spacial score (nSPS) is 28.8. The Morgan fingerprint density at radius 2 is 1.92 bits per heavy atom. The number of nitrogens with zero attached hydrogens (tertiary/aromatic N) is 1. The van der Waals surface area contributed by atoms with E-state index in [-0.39, 0.29) is 18.2 Å². The topological polar surface area (TPSA) is 59.0 Å². The largest absolute Gasteiger partial charge is 0.494 e. The number of ether oxygens (including phenoxy) is 2. The van der Waals surface area contributed by atoms with Crippen molar-refractivity contribution >= 4 is 6.09 Å².